The monoisotopic (exact) mass is 219 g/mol. The van der Waals surface area contributed by atoms with Gasteiger partial charge in [-0.05, 0) is 12.3 Å². The van der Waals surface area contributed by atoms with Crippen LogP contribution in [0, 0.1) is 0 Å². The molecule has 2 aliphatic rings. The van der Waals surface area contributed by atoms with Gasteiger partial charge in [0.1, 0.15) is 5.37 Å². The summed E-state index contributed by atoms with van der Waals surface area (Å²) in [5.74, 6) is -1.52. The summed E-state index contributed by atoms with van der Waals surface area (Å²) in [5.41, 5.74) is 0.642. The predicted octanol–water partition coefficient (Wildman–Crippen LogP) is -3.56. The predicted molar refractivity (Wildman–Crippen MR) is 45.1 cm³/mol. The molecule has 6 heteroatoms. The van der Waals surface area contributed by atoms with Crippen molar-refractivity contribution < 1.29 is 44.3 Å². The molecule has 14 heavy (non-hydrogen) atoms. The Bertz CT molecular complexity index is 364. The first-order valence-electron chi connectivity index (χ1n) is 3.73. The minimum atomic E-state index is -1.29. The third kappa shape index (κ3) is 1.44. The summed E-state index contributed by atoms with van der Waals surface area (Å²) in [4.78, 5) is 23.1. The Kier molecular flexibility index (Phi) is 3.47. The Morgan fingerprint density at radius 2 is 2.36 bits per heavy atom. The summed E-state index contributed by atoms with van der Waals surface area (Å²) >= 11 is 1.32. The second-order valence-corrected chi connectivity index (χ2v) is 3.65. The molecular weight excluding hydrogens is 213 g/mol. The molecule has 2 heterocycles. The number of hydrogen-bond donors (Lipinski definition) is 0. The van der Waals surface area contributed by atoms with E-state index in [1.54, 1.807) is 13.0 Å². The van der Waals surface area contributed by atoms with Gasteiger partial charge in [-0.2, -0.15) is 0 Å². The molecule has 1 atom stereocenters. The van der Waals surface area contributed by atoms with E-state index < -0.39 is 5.97 Å². The van der Waals surface area contributed by atoms with Crippen LogP contribution in [0.4, 0.5) is 0 Å². The van der Waals surface area contributed by atoms with E-state index in [9.17, 15) is 14.7 Å². The third-order valence-corrected chi connectivity index (χ3v) is 3.14. The summed E-state index contributed by atoms with van der Waals surface area (Å²) in [5, 5.41) is 11.8. The standard InChI is InChI=1S/C8H7NO3S.Na/c1-2-4-6(10)9-5(8(11)12)3-13-7(4)9;/h2-3,7H,1H3,(H,11,12);/q;+1/p-1/b4-2-;. The summed E-state index contributed by atoms with van der Waals surface area (Å²) in [6.07, 6.45) is 1.71. The molecule has 0 radical (unpaired) electrons. The number of thioether (sulfide) groups is 1. The first kappa shape index (κ1) is 11.8. The number of rotatable bonds is 1. The van der Waals surface area contributed by atoms with Crippen molar-refractivity contribution in [2.45, 2.75) is 12.3 Å². The molecule has 4 nitrogen and oxygen atoms in total. The molecule has 0 aromatic rings. The average molecular weight is 219 g/mol. The van der Waals surface area contributed by atoms with Crippen molar-refractivity contribution in [3.05, 3.63) is 22.8 Å². The molecule has 0 N–H and O–H groups in total. The number of carboxylic acid groups (broad SMARTS) is 1. The fourth-order valence-corrected chi connectivity index (χ4v) is 2.57. The zero-order chi connectivity index (χ0) is 9.59. The topological polar surface area (TPSA) is 60.4 Å². The number of fused-ring (bicyclic) bond motifs is 1. The van der Waals surface area contributed by atoms with Crippen LogP contribution in [0.2, 0.25) is 0 Å². The molecule has 2 rings (SSSR count). The van der Waals surface area contributed by atoms with Gasteiger partial charge in [0.05, 0.1) is 11.7 Å². The Morgan fingerprint density at radius 1 is 1.71 bits per heavy atom. The number of amides is 1. The minimum absolute atomic E-state index is 0. The van der Waals surface area contributed by atoms with E-state index in [1.165, 1.54) is 22.1 Å². The Labute approximate surface area is 107 Å². The normalized spacial score (nSPS) is 26.5. The van der Waals surface area contributed by atoms with Crippen LogP contribution in [0.15, 0.2) is 22.8 Å². The molecule has 0 spiro atoms. The largest absolute Gasteiger partial charge is 1.00 e. The number of hydrogen-bond acceptors (Lipinski definition) is 4. The van der Waals surface area contributed by atoms with Crippen molar-refractivity contribution in [3.63, 3.8) is 0 Å². The Hall–Kier alpha value is -0.230. The van der Waals surface area contributed by atoms with Gasteiger partial charge < -0.3 is 9.90 Å². The number of carbonyl (C=O) groups excluding carboxylic acids is 2. The maximum atomic E-state index is 11.3. The first-order valence-corrected chi connectivity index (χ1v) is 4.68. The van der Waals surface area contributed by atoms with Crippen LogP contribution in [-0.2, 0) is 9.59 Å². The van der Waals surface area contributed by atoms with Crippen LogP contribution < -0.4 is 34.7 Å². The molecule has 1 amide bonds. The molecule has 0 bridgehead atoms. The maximum Gasteiger partial charge on any atom is 1.00 e. The van der Waals surface area contributed by atoms with Crippen molar-refractivity contribution in [1.82, 2.24) is 4.90 Å². The van der Waals surface area contributed by atoms with Gasteiger partial charge in [0.15, 0.2) is 0 Å². The first-order chi connectivity index (χ1) is 6.16. The van der Waals surface area contributed by atoms with E-state index in [4.69, 9.17) is 0 Å². The number of nitrogens with zero attached hydrogens (tertiary/aromatic N) is 1. The van der Waals surface area contributed by atoms with Gasteiger partial charge in [-0.3, -0.25) is 9.69 Å². The van der Waals surface area contributed by atoms with Crippen molar-refractivity contribution in [1.29, 1.82) is 0 Å². The van der Waals surface area contributed by atoms with Crippen molar-refractivity contribution >= 4 is 23.6 Å². The molecule has 0 aromatic carbocycles. The number of aliphatic carboxylic acids is 1. The van der Waals surface area contributed by atoms with Crippen LogP contribution in [0.1, 0.15) is 6.92 Å². The van der Waals surface area contributed by atoms with E-state index in [2.05, 4.69) is 0 Å². The second-order valence-electron chi connectivity index (χ2n) is 2.70. The second kappa shape index (κ2) is 4.10. The molecule has 68 valence electrons. The van der Waals surface area contributed by atoms with E-state index in [-0.39, 0.29) is 46.5 Å². The molecular formula is C8H6NNaO3S. The molecule has 1 fully saturated rings. The van der Waals surface area contributed by atoms with Gasteiger partial charge in [-0.1, -0.05) is 6.08 Å². The van der Waals surface area contributed by atoms with Crippen LogP contribution >= 0.6 is 11.8 Å². The Morgan fingerprint density at radius 3 is 2.86 bits per heavy atom. The van der Waals surface area contributed by atoms with Crippen molar-refractivity contribution in [3.8, 4) is 0 Å². The van der Waals surface area contributed by atoms with Crippen LogP contribution in [-0.4, -0.2) is 22.2 Å². The van der Waals surface area contributed by atoms with Crippen LogP contribution in [0.5, 0.6) is 0 Å². The van der Waals surface area contributed by atoms with Crippen molar-refractivity contribution in [2.24, 2.45) is 0 Å². The molecule has 1 unspecified atom stereocenters. The molecule has 0 aliphatic carbocycles. The van der Waals surface area contributed by atoms with Gasteiger partial charge in [0.2, 0.25) is 0 Å². The SMILES string of the molecule is C/C=C1/C(=O)N2C(C(=O)[O-])=CSC12.[Na+]. The van der Waals surface area contributed by atoms with Crippen LogP contribution in [0.3, 0.4) is 0 Å². The fraction of sp³-hybridized carbons (Fsp3) is 0.250. The van der Waals surface area contributed by atoms with Gasteiger partial charge >= 0.3 is 29.6 Å². The van der Waals surface area contributed by atoms with Crippen LogP contribution in [0.25, 0.3) is 0 Å². The molecule has 1 saturated heterocycles. The maximum absolute atomic E-state index is 11.3. The van der Waals surface area contributed by atoms with Gasteiger partial charge in [-0.25, -0.2) is 0 Å². The minimum Gasteiger partial charge on any atom is -0.543 e. The molecule has 2 aliphatic heterocycles. The van der Waals surface area contributed by atoms with E-state index in [0.717, 1.165) is 0 Å². The average Bonchev–Trinajstić information content (AvgIpc) is 2.45. The zero-order valence-electron chi connectivity index (χ0n) is 7.81. The Balaban J connectivity index is 0.000000980. The molecule has 0 aromatic heterocycles. The number of carboxylic acids is 1. The zero-order valence-corrected chi connectivity index (χ0v) is 10.6. The number of carbonyl (C=O) groups is 2. The summed E-state index contributed by atoms with van der Waals surface area (Å²) in [6.45, 7) is 1.77. The van der Waals surface area contributed by atoms with Gasteiger partial charge in [-0.15, -0.1) is 11.8 Å². The smallest absolute Gasteiger partial charge is 0.543 e. The fourth-order valence-electron chi connectivity index (χ4n) is 1.39. The summed E-state index contributed by atoms with van der Waals surface area (Å²) in [6, 6.07) is 0. The van der Waals surface area contributed by atoms with E-state index in [0.29, 0.717) is 5.57 Å². The van der Waals surface area contributed by atoms with Crippen molar-refractivity contribution in [2.75, 3.05) is 0 Å². The van der Waals surface area contributed by atoms with Gasteiger partial charge in [0.25, 0.3) is 5.91 Å². The van der Waals surface area contributed by atoms with E-state index in [1.807, 2.05) is 0 Å². The quantitative estimate of drug-likeness (QED) is 0.260. The van der Waals surface area contributed by atoms with E-state index >= 15 is 0 Å². The van der Waals surface area contributed by atoms with Gasteiger partial charge in [0, 0.05) is 5.57 Å². The summed E-state index contributed by atoms with van der Waals surface area (Å²) in [7, 11) is 0. The molecule has 0 saturated carbocycles. The number of allylic oxidation sites excluding steroid dienone is 1. The summed E-state index contributed by atoms with van der Waals surface area (Å²) < 4.78 is 0. The number of β-lactam (4-membered cyclic amide) rings is 1. The third-order valence-electron chi connectivity index (χ3n) is 2.05.